The van der Waals surface area contributed by atoms with Crippen molar-refractivity contribution in [1.29, 1.82) is 0 Å². The van der Waals surface area contributed by atoms with Crippen molar-refractivity contribution >= 4 is 18.3 Å². The van der Waals surface area contributed by atoms with E-state index >= 15 is 0 Å². The van der Waals surface area contributed by atoms with Gasteiger partial charge >= 0.3 is 0 Å². The van der Waals surface area contributed by atoms with Gasteiger partial charge in [-0.15, -0.1) is 12.4 Å². The number of hydrogen-bond acceptors (Lipinski definition) is 2. The van der Waals surface area contributed by atoms with E-state index in [9.17, 15) is 4.79 Å². The molecule has 1 heterocycles. The molecule has 1 aliphatic rings. The van der Waals surface area contributed by atoms with Crippen LogP contribution in [0.4, 0.5) is 0 Å². The Morgan fingerprint density at radius 2 is 2.00 bits per heavy atom. The lowest BCUT2D eigenvalue weighted by Crippen LogP contribution is -2.53. The Labute approximate surface area is 121 Å². The first-order chi connectivity index (χ1) is 8.72. The summed E-state index contributed by atoms with van der Waals surface area (Å²) in [6.07, 6.45) is 1.94. The number of benzene rings is 1. The topological polar surface area (TPSA) is 32.3 Å². The van der Waals surface area contributed by atoms with E-state index in [4.69, 9.17) is 0 Å². The van der Waals surface area contributed by atoms with Crippen molar-refractivity contribution in [1.82, 2.24) is 10.2 Å². The van der Waals surface area contributed by atoms with Crippen LogP contribution >= 0.6 is 12.4 Å². The lowest BCUT2D eigenvalue weighted by molar-refractivity contribution is -0.137. The fourth-order valence-electron chi connectivity index (χ4n) is 2.37. The quantitative estimate of drug-likeness (QED) is 0.897. The summed E-state index contributed by atoms with van der Waals surface area (Å²) in [6.45, 7) is 3.83. The van der Waals surface area contributed by atoms with E-state index in [0.717, 1.165) is 25.9 Å². The van der Waals surface area contributed by atoms with Crippen LogP contribution in [0.1, 0.15) is 18.9 Å². The van der Waals surface area contributed by atoms with Crippen molar-refractivity contribution in [2.45, 2.75) is 25.8 Å². The molecular formula is C15H23ClN2O. The summed E-state index contributed by atoms with van der Waals surface area (Å²) in [7, 11) is 1.94. The van der Waals surface area contributed by atoms with Gasteiger partial charge in [0, 0.05) is 26.2 Å². The molecule has 0 aliphatic carbocycles. The molecule has 0 bridgehead atoms. The van der Waals surface area contributed by atoms with E-state index in [1.54, 1.807) is 0 Å². The van der Waals surface area contributed by atoms with Crippen LogP contribution < -0.4 is 5.32 Å². The molecule has 1 saturated heterocycles. The Morgan fingerprint density at radius 1 is 1.37 bits per heavy atom. The summed E-state index contributed by atoms with van der Waals surface area (Å²) in [5.74, 6) is 0.483. The van der Waals surface area contributed by atoms with Crippen molar-refractivity contribution in [2.75, 3.05) is 20.1 Å². The number of halogens is 1. The molecule has 1 amide bonds. The summed E-state index contributed by atoms with van der Waals surface area (Å²) >= 11 is 0. The first kappa shape index (κ1) is 16.0. The molecule has 1 N–H and O–H groups in total. The van der Waals surface area contributed by atoms with Crippen LogP contribution in [0.5, 0.6) is 0 Å². The molecule has 19 heavy (non-hydrogen) atoms. The van der Waals surface area contributed by atoms with E-state index in [-0.39, 0.29) is 24.2 Å². The highest BCUT2D eigenvalue weighted by Gasteiger charge is 2.30. The van der Waals surface area contributed by atoms with Crippen molar-refractivity contribution in [3.05, 3.63) is 35.9 Å². The molecular weight excluding hydrogens is 260 g/mol. The third-order valence-corrected chi connectivity index (χ3v) is 3.81. The molecule has 1 fully saturated rings. The summed E-state index contributed by atoms with van der Waals surface area (Å²) in [4.78, 5) is 14.1. The number of carbonyl (C=O) groups is 1. The van der Waals surface area contributed by atoms with Gasteiger partial charge in [-0.3, -0.25) is 4.79 Å². The highest BCUT2D eigenvalue weighted by atomic mass is 35.5. The van der Waals surface area contributed by atoms with Gasteiger partial charge in [0.05, 0.1) is 5.92 Å². The molecule has 106 valence electrons. The first-order valence-electron chi connectivity index (χ1n) is 6.73. The number of hydrogen-bond donors (Lipinski definition) is 1. The van der Waals surface area contributed by atoms with Crippen molar-refractivity contribution in [3.8, 4) is 0 Å². The first-order valence-corrected chi connectivity index (χ1v) is 6.73. The Balaban J connectivity index is 0.00000180. The number of carbonyl (C=O) groups excluding carboxylic acids is 1. The summed E-state index contributed by atoms with van der Waals surface area (Å²) < 4.78 is 0. The fraction of sp³-hybridized carbons (Fsp3) is 0.533. The molecule has 1 unspecified atom stereocenters. The monoisotopic (exact) mass is 282 g/mol. The number of nitrogens with one attached hydrogen (secondary N) is 1. The van der Waals surface area contributed by atoms with Gasteiger partial charge in [0.1, 0.15) is 0 Å². The molecule has 0 aromatic heterocycles. The fourth-order valence-corrected chi connectivity index (χ4v) is 2.37. The van der Waals surface area contributed by atoms with Gasteiger partial charge in [0.15, 0.2) is 0 Å². The normalized spacial score (nSPS) is 16.1. The second-order valence-electron chi connectivity index (χ2n) is 5.06. The predicted molar refractivity (Wildman–Crippen MR) is 80.6 cm³/mol. The van der Waals surface area contributed by atoms with E-state index in [2.05, 4.69) is 36.5 Å². The summed E-state index contributed by atoms with van der Waals surface area (Å²) in [5, 5.41) is 3.16. The van der Waals surface area contributed by atoms with Crippen LogP contribution in [0, 0.1) is 5.92 Å². The molecule has 2 rings (SSSR count). The Bertz CT molecular complexity index is 392. The molecule has 4 heteroatoms. The highest BCUT2D eigenvalue weighted by Crippen LogP contribution is 2.15. The van der Waals surface area contributed by atoms with Gasteiger partial charge in [0.2, 0.25) is 5.91 Å². The van der Waals surface area contributed by atoms with Gasteiger partial charge in [-0.05, 0) is 18.4 Å². The highest BCUT2D eigenvalue weighted by molar-refractivity contribution is 5.85. The Morgan fingerprint density at radius 3 is 2.47 bits per heavy atom. The van der Waals surface area contributed by atoms with E-state index < -0.39 is 0 Å². The molecule has 1 aliphatic heterocycles. The standard InChI is InChI=1S/C15H22N2O.ClH/c1-3-14(9-12-7-5-4-6-8-12)17(2)15(18)13-10-16-11-13;/h4-8,13-14,16H,3,9-11H2,1-2H3;1H. The Hall–Kier alpha value is -1.06. The lowest BCUT2D eigenvalue weighted by atomic mass is 9.98. The van der Waals surface area contributed by atoms with Crippen molar-refractivity contribution < 1.29 is 4.79 Å². The van der Waals surface area contributed by atoms with E-state index in [0.29, 0.717) is 6.04 Å². The zero-order valence-corrected chi connectivity index (χ0v) is 12.5. The average molecular weight is 283 g/mol. The van der Waals surface area contributed by atoms with E-state index in [1.165, 1.54) is 5.56 Å². The number of nitrogens with zero attached hydrogens (tertiary/aromatic N) is 1. The second kappa shape index (κ2) is 7.51. The van der Waals surface area contributed by atoms with Gasteiger partial charge < -0.3 is 10.2 Å². The predicted octanol–water partition coefficient (Wildman–Crippen LogP) is 2.11. The van der Waals surface area contributed by atoms with E-state index in [1.807, 2.05) is 18.0 Å². The van der Waals surface area contributed by atoms with Crippen LogP contribution in [-0.2, 0) is 11.2 Å². The number of amides is 1. The molecule has 0 saturated carbocycles. The number of likely N-dealkylation sites (N-methyl/N-ethyl adjacent to an activating group) is 1. The summed E-state index contributed by atoms with van der Waals surface area (Å²) in [5.41, 5.74) is 1.30. The molecule has 0 radical (unpaired) electrons. The SMILES string of the molecule is CCC(Cc1ccccc1)N(C)C(=O)C1CNC1.Cl. The minimum Gasteiger partial charge on any atom is -0.342 e. The van der Waals surface area contributed by atoms with Gasteiger partial charge in [-0.25, -0.2) is 0 Å². The number of rotatable bonds is 5. The van der Waals surface area contributed by atoms with Crippen LogP contribution in [0.2, 0.25) is 0 Å². The van der Waals surface area contributed by atoms with Crippen LogP contribution in [0.3, 0.4) is 0 Å². The molecule has 1 aromatic carbocycles. The van der Waals surface area contributed by atoms with Gasteiger partial charge in [-0.2, -0.15) is 0 Å². The molecule has 1 aromatic rings. The summed E-state index contributed by atoms with van der Waals surface area (Å²) in [6, 6.07) is 10.7. The van der Waals surface area contributed by atoms with Gasteiger partial charge in [0.25, 0.3) is 0 Å². The van der Waals surface area contributed by atoms with Crippen molar-refractivity contribution in [2.24, 2.45) is 5.92 Å². The molecule has 1 atom stereocenters. The smallest absolute Gasteiger partial charge is 0.228 e. The zero-order valence-electron chi connectivity index (χ0n) is 11.6. The van der Waals surface area contributed by atoms with Gasteiger partial charge in [-0.1, -0.05) is 37.3 Å². The van der Waals surface area contributed by atoms with Crippen LogP contribution in [0.15, 0.2) is 30.3 Å². The molecule has 3 nitrogen and oxygen atoms in total. The van der Waals surface area contributed by atoms with Crippen molar-refractivity contribution in [3.63, 3.8) is 0 Å². The largest absolute Gasteiger partial charge is 0.342 e. The molecule has 0 spiro atoms. The third kappa shape index (κ3) is 3.95. The van der Waals surface area contributed by atoms with Crippen LogP contribution in [-0.4, -0.2) is 37.0 Å². The minimum absolute atomic E-state index is 0. The second-order valence-corrected chi connectivity index (χ2v) is 5.06. The minimum atomic E-state index is 0. The maximum absolute atomic E-state index is 12.2. The maximum atomic E-state index is 12.2. The van der Waals surface area contributed by atoms with Crippen LogP contribution in [0.25, 0.3) is 0 Å². The zero-order chi connectivity index (χ0) is 13.0. The maximum Gasteiger partial charge on any atom is 0.228 e. The average Bonchev–Trinajstić information content (AvgIpc) is 2.34. The Kier molecular flexibility index (Phi) is 6.32. The third-order valence-electron chi connectivity index (χ3n) is 3.81. The lowest BCUT2D eigenvalue weighted by Gasteiger charge is -2.34.